The Morgan fingerprint density at radius 3 is 2.71 bits per heavy atom. The van der Waals surface area contributed by atoms with Crippen molar-refractivity contribution >= 4 is 11.6 Å². The Bertz CT molecular complexity index is 428. The lowest BCUT2D eigenvalue weighted by Gasteiger charge is -2.18. The van der Waals surface area contributed by atoms with Gasteiger partial charge < -0.3 is 24.6 Å². The zero-order valence-corrected chi connectivity index (χ0v) is 13.6. The molecule has 0 fully saturated rings. The van der Waals surface area contributed by atoms with Crippen LogP contribution in [0.3, 0.4) is 0 Å². The van der Waals surface area contributed by atoms with Gasteiger partial charge in [0.2, 0.25) is 0 Å². The fourth-order valence-electron chi connectivity index (χ4n) is 1.76. The van der Waals surface area contributed by atoms with E-state index in [2.05, 4.69) is 5.32 Å². The molecule has 1 aromatic carbocycles. The minimum Gasteiger partial charge on any atom is -0.493 e. The van der Waals surface area contributed by atoms with Gasteiger partial charge >= 0.3 is 0 Å². The Labute approximate surface area is 131 Å². The average molecular weight is 318 g/mol. The quantitative estimate of drug-likeness (QED) is 0.648. The molecule has 0 aliphatic heterocycles. The highest BCUT2D eigenvalue weighted by Gasteiger charge is 2.14. The van der Waals surface area contributed by atoms with E-state index in [-0.39, 0.29) is 6.61 Å². The first-order chi connectivity index (χ1) is 10.1. The summed E-state index contributed by atoms with van der Waals surface area (Å²) in [4.78, 5) is 0. The highest BCUT2D eigenvalue weighted by atomic mass is 35.5. The molecule has 120 valence electrons. The molecule has 0 bridgehead atoms. The molecule has 0 heterocycles. The molecule has 0 amide bonds. The van der Waals surface area contributed by atoms with E-state index >= 15 is 0 Å². The summed E-state index contributed by atoms with van der Waals surface area (Å²) in [6.07, 6.45) is 0.136. The van der Waals surface area contributed by atoms with Crippen LogP contribution in [0.1, 0.15) is 18.9 Å². The normalized spacial score (nSPS) is 12.2. The maximum atomic E-state index is 9.65. The van der Waals surface area contributed by atoms with Crippen LogP contribution in [0.25, 0.3) is 0 Å². The Morgan fingerprint density at radius 2 is 2.10 bits per heavy atom. The molecule has 0 saturated carbocycles. The third-order valence-electron chi connectivity index (χ3n) is 3.01. The second-order valence-corrected chi connectivity index (χ2v) is 5.08. The number of hydrogen-bond donors (Lipinski definition) is 2. The van der Waals surface area contributed by atoms with Crippen LogP contribution in [0.15, 0.2) is 12.1 Å². The highest BCUT2D eigenvalue weighted by Crippen LogP contribution is 2.34. The van der Waals surface area contributed by atoms with E-state index < -0.39 is 6.10 Å². The lowest BCUT2D eigenvalue weighted by Crippen LogP contribution is -2.21. The number of rotatable bonds is 10. The minimum absolute atomic E-state index is 0.222. The molecule has 5 nitrogen and oxygen atoms in total. The zero-order valence-electron chi connectivity index (χ0n) is 12.8. The lowest BCUT2D eigenvalue weighted by atomic mass is 10.1. The first-order valence-corrected chi connectivity index (χ1v) is 7.37. The van der Waals surface area contributed by atoms with Crippen LogP contribution in [0.4, 0.5) is 0 Å². The summed E-state index contributed by atoms with van der Waals surface area (Å²) in [7, 11) is 3.22. The van der Waals surface area contributed by atoms with Gasteiger partial charge in [-0.3, -0.25) is 0 Å². The second-order valence-electron chi connectivity index (χ2n) is 4.64. The van der Waals surface area contributed by atoms with E-state index in [0.29, 0.717) is 36.1 Å². The topological polar surface area (TPSA) is 60.0 Å². The SMILES string of the molecule is CCC(O)COc1c(CNCCOC)cc(Cl)cc1OC. The maximum Gasteiger partial charge on any atom is 0.165 e. The number of hydrogen-bond acceptors (Lipinski definition) is 5. The predicted molar refractivity (Wildman–Crippen MR) is 83.4 cm³/mol. The number of methoxy groups -OCH3 is 2. The van der Waals surface area contributed by atoms with Crippen LogP contribution in [-0.2, 0) is 11.3 Å². The van der Waals surface area contributed by atoms with Gasteiger partial charge in [-0.15, -0.1) is 0 Å². The van der Waals surface area contributed by atoms with Crippen molar-refractivity contribution in [3.8, 4) is 11.5 Å². The second kappa shape index (κ2) is 9.84. The minimum atomic E-state index is -0.500. The van der Waals surface area contributed by atoms with Gasteiger partial charge in [-0.25, -0.2) is 0 Å². The summed E-state index contributed by atoms with van der Waals surface area (Å²) in [5, 5.41) is 13.5. The van der Waals surface area contributed by atoms with Crippen molar-refractivity contribution in [2.75, 3.05) is 34.0 Å². The molecule has 1 atom stereocenters. The van der Waals surface area contributed by atoms with E-state index in [4.69, 9.17) is 25.8 Å². The third kappa shape index (κ3) is 6.09. The van der Waals surface area contributed by atoms with Crippen LogP contribution < -0.4 is 14.8 Å². The van der Waals surface area contributed by atoms with Gasteiger partial charge in [-0.1, -0.05) is 18.5 Å². The van der Waals surface area contributed by atoms with Gasteiger partial charge in [0.25, 0.3) is 0 Å². The van der Waals surface area contributed by atoms with Crippen molar-refractivity contribution in [3.63, 3.8) is 0 Å². The highest BCUT2D eigenvalue weighted by molar-refractivity contribution is 6.30. The maximum absolute atomic E-state index is 9.65. The van der Waals surface area contributed by atoms with Gasteiger partial charge in [0, 0.05) is 36.9 Å². The Kier molecular flexibility index (Phi) is 8.45. The summed E-state index contributed by atoms with van der Waals surface area (Å²) < 4.78 is 16.0. The molecule has 0 aromatic heterocycles. The van der Waals surface area contributed by atoms with Crippen molar-refractivity contribution in [2.24, 2.45) is 0 Å². The average Bonchev–Trinajstić information content (AvgIpc) is 2.49. The van der Waals surface area contributed by atoms with Gasteiger partial charge in [-0.2, -0.15) is 0 Å². The van der Waals surface area contributed by atoms with E-state index in [1.54, 1.807) is 20.3 Å². The van der Waals surface area contributed by atoms with E-state index in [1.165, 1.54) is 0 Å². The number of aliphatic hydroxyl groups is 1. The van der Waals surface area contributed by atoms with Crippen LogP contribution >= 0.6 is 11.6 Å². The molecule has 0 radical (unpaired) electrons. The van der Waals surface area contributed by atoms with Crippen LogP contribution in [0.5, 0.6) is 11.5 Å². The number of nitrogens with one attached hydrogen (secondary N) is 1. The number of ether oxygens (including phenoxy) is 3. The fourth-order valence-corrected chi connectivity index (χ4v) is 1.99. The lowest BCUT2D eigenvalue weighted by molar-refractivity contribution is 0.102. The van der Waals surface area contributed by atoms with Gasteiger partial charge in [-0.05, 0) is 12.5 Å². The summed E-state index contributed by atoms with van der Waals surface area (Å²) >= 11 is 6.09. The molecule has 6 heteroatoms. The van der Waals surface area contributed by atoms with Gasteiger partial charge in [0.05, 0.1) is 19.8 Å². The molecule has 0 spiro atoms. The molecule has 0 aliphatic rings. The van der Waals surface area contributed by atoms with Crippen LogP contribution in [0.2, 0.25) is 5.02 Å². The molecular weight excluding hydrogens is 294 g/mol. The summed E-state index contributed by atoms with van der Waals surface area (Å²) in [6, 6.07) is 3.53. The monoisotopic (exact) mass is 317 g/mol. The van der Waals surface area contributed by atoms with Gasteiger partial charge in [0.15, 0.2) is 11.5 Å². The molecule has 21 heavy (non-hydrogen) atoms. The fraction of sp³-hybridized carbons (Fsp3) is 0.600. The molecule has 0 aliphatic carbocycles. The largest absolute Gasteiger partial charge is 0.493 e. The molecule has 2 N–H and O–H groups in total. The Hall–Kier alpha value is -1.01. The van der Waals surface area contributed by atoms with E-state index in [1.807, 2.05) is 13.0 Å². The van der Waals surface area contributed by atoms with Crippen molar-refractivity contribution in [1.29, 1.82) is 0 Å². The van der Waals surface area contributed by atoms with Crippen molar-refractivity contribution in [2.45, 2.75) is 26.0 Å². The van der Waals surface area contributed by atoms with Crippen LogP contribution in [-0.4, -0.2) is 45.2 Å². The molecule has 1 aromatic rings. The molecule has 0 saturated heterocycles. The van der Waals surface area contributed by atoms with Crippen LogP contribution in [0, 0.1) is 0 Å². The summed E-state index contributed by atoms with van der Waals surface area (Å²) in [6.45, 7) is 4.06. The third-order valence-corrected chi connectivity index (χ3v) is 3.22. The van der Waals surface area contributed by atoms with E-state index in [0.717, 1.165) is 12.1 Å². The zero-order chi connectivity index (χ0) is 15.7. The summed E-state index contributed by atoms with van der Waals surface area (Å²) in [5.41, 5.74) is 0.888. The first kappa shape index (κ1) is 18.0. The molecule has 1 unspecified atom stereocenters. The van der Waals surface area contributed by atoms with E-state index in [9.17, 15) is 5.11 Å². The predicted octanol–water partition coefficient (Wildman–Crippen LogP) is 2.23. The van der Waals surface area contributed by atoms with Crippen molar-refractivity contribution < 1.29 is 19.3 Å². The number of aliphatic hydroxyl groups excluding tert-OH is 1. The smallest absolute Gasteiger partial charge is 0.165 e. The summed E-state index contributed by atoms with van der Waals surface area (Å²) in [5.74, 6) is 1.17. The van der Waals surface area contributed by atoms with Gasteiger partial charge in [0.1, 0.15) is 6.61 Å². The van der Waals surface area contributed by atoms with Crippen molar-refractivity contribution in [1.82, 2.24) is 5.32 Å². The Balaban J connectivity index is 2.83. The molecular formula is C15H24ClNO4. The van der Waals surface area contributed by atoms with Crippen molar-refractivity contribution in [3.05, 3.63) is 22.7 Å². The molecule has 1 rings (SSSR count). The Morgan fingerprint density at radius 1 is 1.33 bits per heavy atom. The number of benzene rings is 1. The number of halogens is 1. The first-order valence-electron chi connectivity index (χ1n) is 6.99. The standard InChI is InChI=1S/C15H24ClNO4/c1-4-13(18)10-21-15-11(9-17-5-6-19-2)7-12(16)8-14(15)20-3/h7-8,13,17-18H,4-6,9-10H2,1-3H3.